The Labute approximate surface area is 181 Å². The number of ether oxygens (including phenoxy) is 3. The largest absolute Gasteiger partial charge is 0.497 e. The van der Waals surface area contributed by atoms with Crippen molar-refractivity contribution < 1.29 is 27.4 Å². The minimum Gasteiger partial charge on any atom is -0.497 e. The number of benzene rings is 3. The van der Waals surface area contributed by atoms with Gasteiger partial charge in [0, 0.05) is 7.05 Å². The summed E-state index contributed by atoms with van der Waals surface area (Å²) in [7, 11) is -0.784. The number of carbonyl (C=O) groups excluding carboxylic acids is 1. The molecule has 0 amide bonds. The molecule has 7 nitrogen and oxygen atoms in total. The van der Waals surface area contributed by atoms with E-state index in [1.165, 1.54) is 38.4 Å². The molecule has 0 bridgehead atoms. The fourth-order valence-corrected chi connectivity index (χ4v) is 3.91. The van der Waals surface area contributed by atoms with Crippen LogP contribution >= 0.6 is 0 Å². The molecule has 0 fully saturated rings. The summed E-state index contributed by atoms with van der Waals surface area (Å²) in [6, 6.07) is 21.3. The number of nitrogens with zero attached hydrogens (tertiary/aromatic N) is 1. The van der Waals surface area contributed by atoms with E-state index in [-0.39, 0.29) is 10.6 Å². The zero-order valence-corrected chi connectivity index (χ0v) is 18.2. The number of carbonyl (C=O) groups is 1. The molecule has 1 atom stereocenters. The molecule has 1 unspecified atom stereocenters. The molecule has 0 aliphatic rings. The van der Waals surface area contributed by atoms with Crippen LogP contribution in [-0.4, -0.2) is 34.6 Å². The van der Waals surface area contributed by atoms with E-state index >= 15 is 0 Å². The van der Waals surface area contributed by atoms with Crippen LogP contribution in [0.15, 0.2) is 83.8 Å². The highest BCUT2D eigenvalue weighted by Crippen LogP contribution is 2.26. The second kappa shape index (κ2) is 9.53. The summed E-state index contributed by atoms with van der Waals surface area (Å²) >= 11 is 0. The summed E-state index contributed by atoms with van der Waals surface area (Å²) in [5.41, 5.74) is 0.421. The molecule has 0 saturated heterocycles. The molecule has 162 valence electrons. The van der Waals surface area contributed by atoms with E-state index in [0.29, 0.717) is 17.2 Å². The van der Waals surface area contributed by atoms with E-state index in [9.17, 15) is 13.2 Å². The predicted molar refractivity (Wildman–Crippen MR) is 117 cm³/mol. The van der Waals surface area contributed by atoms with Gasteiger partial charge in [0.1, 0.15) is 17.2 Å². The first-order chi connectivity index (χ1) is 14.8. The maximum atomic E-state index is 12.8. The van der Waals surface area contributed by atoms with Crippen molar-refractivity contribution in [1.29, 1.82) is 0 Å². The molecule has 3 aromatic rings. The smallest absolute Gasteiger partial charge is 0.352 e. The molecule has 0 aliphatic heterocycles. The van der Waals surface area contributed by atoms with Crippen LogP contribution in [-0.2, 0) is 14.8 Å². The van der Waals surface area contributed by atoms with E-state index in [0.717, 1.165) is 4.31 Å². The molecule has 0 aliphatic carbocycles. The van der Waals surface area contributed by atoms with Crippen molar-refractivity contribution in [3.8, 4) is 17.2 Å². The van der Waals surface area contributed by atoms with Gasteiger partial charge in [0.2, 0.25) is 0 Å². The van der Waals surface area contributed by atoms with Crippen LogP contribution in [0.1, 0.15) is 6.92 Å². The lowest BCUT2D eigenvalue weighted by atomic mass is 10.3. The maximum Gasteiger partial charge on any atom is 0.352 e. The van der Waals surface area contributed by atoms with E-state index in [1.54, 1.807) is 43.3 Å². The van der Waals surface area contributed by atoms with Gasteiger partial charge in [-0.3, -0.25) is 4.31 Å². The number of sulfonamides is 1. The molecular formula is C23H23NO6S. The predicted octanol–water partition coefficient (Wildman–Crippen LogP) is 3.89. The summed E-state index contributed by atoms with van der Waals surface area (Å²) in [6.45, 7) is 1.60. The van der Waals surface area contributed by atoms with E-state index in [2.05, 4.69) is 0 Å². The van der Waals surface area contributed by atoms with Crippen LogP contribution in [0.25, 0.3) is 0 Å². The fraction of sp³-hybridized carbons (Fsp3) is 0.174. The van der Waals surface area contributed by atoms with Gasteiger partial charge in [-0.15, -0.1) is 0 Å². The number of para-hydroxylation sites is 1. The first kappa shape index (κ1) is 22.2. The lowest BCUT2D eigenvalue weighted by molar-refractivity contribution is -0.141. The van der Waals surface area contributed by atoms with Crippen molar-refractivity contribution in [2.24, 2.45) is 0 Å². The highest BCUT2D eigenvalue weighted by Gasteiger charge is 2.22. The molecule has 31 heavy (non-hydrogen) atoms. The summed E-state index contributed by atoms with van der Waals surface area (Å²) < 4.78 is 42.8. The van der Waals surface area contributed by atoms with Gasteiger partial charge in [-0.2, -0.15) is 0 Å². The topological polar surface area (TPSA) is 82.1 Å². The lowest BCUT2D eigenvalue weighted by Gasteiger charge is -2.20. The Bertz CT molecular complexity index is 1110. The van der Waals surface area contributed by atoms with Gasteiger partial charge < -0.3 is 14.2 Å². The Morgan fingerprint density at radius 3 is 2.00 bits per heavy atom. The summed E-state index contributed by atoms with van der Waals surface area (Å²) in [4.78, 5) is 12.4. The van der Waals surface area contributed by atoms with Gasteiger partial charge in [-0.25, -0.2) is 13.2 Å². The third-order valence-electron chi connectivity index (χ3n) is 4.52. The Balaban J connectivity index is 1.66. The van der Waals surface area contributed by atoms with Crippen molar-refractivity contribution in [1.82, 2.24) is 0 Å². The Kier molecular flexibility index (Phi) is 6.81. The quantitative estimate of drug-likeness (QED) is 0.390. The minimum absolute atomic E-state index is 0.137. The van der Waals surface area contributed by atoms with Crippen LogP contribution < -0.4 is 18.5 Å². The molecule has 3 aromatic carbocycles. The fourth-order valence-electron chi connectivity index (χ4n) is 2.72. The Morgan fingerprint density at radius 2 is 1.42 bits per heavy atom. The number of anilines is 1. The van der Waals surface area contributed by atoms with E-state index in [1.807, 2.05) is 18.2 Å². The Hall–Kier alpha value is -3.52. The van der Waals surface area contributed by atoms with Gasteiger partial charge in [-0.1, -0.05) is 18.2 Å². The maximum absolute atomic E-state index is 12.8. The summed E-state index contributed by atoms with van der Waals surface area (Å²) in [6.07, 6.45) is -0.805. The number of hydrogen-bond donors (Lipinski definition) is 0. The molecule has 8 heteroatoms. The second-order valence-electron chi connectivity index (χ2n) is 6.64. The first-order valence-corrected chi connectivity index (χ1v) is 10.9. The molecule has 0 N–H and O–H groups in total. The molecular weight excluding hydrogens is 418 g/mol. The van der Waals surface area contributed by atoms with Crippen molar-refractivity contribution in [2.75, 3.05) is 18.5 Å². The Morgan fingerprint density at radius 1 is 0.839 bits per heavy atom. The van der Waals surface area contributed by atoms with Gasteiger partial charge in [0.25, 0.3) is 10.0 Å². The number of hydrogen-bond acceptors (Lipinski definition) is 6. The van der Waals surface area contributed by atoms with Crippen LogP contribution in [0.4, 0.5) is 5.69 Å². The monoisotopic (exact) mass is 441 g/mol. The van der Waals surface area contributed by atoms with Crippen molar-refractivity contribution in [3.63, 3.8) is 0 Å². The standard InChI is InChI=1S/C23H23NO6S/c1-17(29-20-7-5-4-6-8-20)23(25)30-21-11-9-18(10-12-21)24(2)31(26,27)22-15-13-19(28-3)14-16-22/h4-17H,1-3H3. The SMILES string of the molecule is COc1ccc(S(=O)(=O)N(C)c2ccc(OC(=O)C(C)Oc3ccccc3)cc2)cc1. The summed E-state index contributed by atoms with van der Waals surface area (Å²) in [5, 5.41) is 0. The first-order valence-electron chi connectivity index (χ1n) is 9.47. The van der Waals surface area contributed by atoms with Crippen molar-refractivity contribution >= 4 is 21.7 Å². The normalized spacial score (nSPS) is 12.0. The summed E-state index contributed by atoms with van der Waals surface area (Å²) in [5.74, 6) is 0.856. The molecule has 0 aromatic heterocycles. The van der Waals surface area contributed by atoms with E-state index in [4.69, 9.17) is 14.2 Å². The molecule has 0 saturated carbocycles. The number of methoxy groups -OCH3 is 1. The minimum atomic E-state index is -3.75. The van der Waals surface area contributed by atoms with Gasteiger partial charge in [0.15, 0.2) is 6.10 Å². The van der Waals surface area contributed by atoms with Crippen LogP contribution in [0, 0.1) is 0 Å². The van der Waals surface area contributed by atoms with Gasteiger partial charge in [-0.05, 0) is 67.6 Å². The molecule has 0 radical (unpaired) electrons. The molecule has 3 rings (SSSR count). The number of esters is 1. The molecule has 0 spiro atoms. The third kappa shape index (κ3) is 5.35. The highest BCUT2D eigenvalue weighted by atomic mass is 32.2. The van der Waals surface area contributed by atoms with E-state index < -0.39 is 22.1 Å². The van der Waals surface area contributed by atoms with Crippen LogP contribution in [0.3, 0.4) is 0 Å². The zero-order chi connectivity index (χ0) is 22.4. The lowest BCUT2D eigenvalue weighted by Crippen LogP contribution is -2.28. The third-order valence-corrected chi connectivity index (χ3v) is 6.32. The highest BCUT2D eigenvalue weighted by molar-refractivity contribution is 7.92. The van der Waals surface area contributed by atoms with Crippen LogP contribution in [0.2, 0.25) is 0 Å². The number of rotatable bonds is 8. The molecule has 0 heterocycles. The van der Waals surface area contributed by atoms with Gasteiger partial charge in [0.05, 0.1) is 17.7 Å². The average molecular weight is 442 g/mol. The van der Waals surface area contributed by atoms with Crippen molar-refractivity contribution in [2.45, 2.75) is 17.9 Å². The zero-order valence-electron chi connectivity index (χ0n) is 17.4. The second-order valence-corrected chi connectivity index (χ2v) is 8.61. The van der Waals surface area contributed by atoms with Crippen LogP contribution in [0.5, 0.6) is 17.2 Å². The van der Waals surface area contributed by atoms with Crippen molar-refractivity contribution in [3.05, 3.63) is 78.9 Å². The van der Waals surface area contributed by atoms with Gasteiger partial charge >= 0.3 is 5.97 Å². The average Bonchev–Trinajstić information content (AvgIpc) is 2.79.